The predicted octanol–water partition coefficient (Wildman–Crippen LogP) is 3.96. The molecule has 2 aromatic rings. The molecule has 2 aromatic carbocycles. The van der Waals surface area contributed by atoms with Gasteiger partial charge in [-0.3, -0.25) is 13.9 Å². The molecule has 0 fully saturated rings. The van der Waals surface area contributed by atoms with Crippen molar-refractivity contribution in [3.8, 4) is 5.75 Å². The van der Waals surface area contributed by atoms with Gasteiger partial charge in [0.25, 0.3) is 0 Å². The maximum atomic E-state index is 13.3. The van der Waals surface area contributed by atoms with Crippen molar-refractivity contribution >= 4 is 27.5 Å². The zero-order valence-electron chi connectivity index (χ0n) is 22.2. The van der Waals surface area contributed by atoms with Crippen LogP contribution in [0.5, 0.6) is 5.75 Å². The average Bonchev–Trinajstić information content (AvgIpc) is 2.79. The van der Waals surface area contributed by atoms with Gasteiger partial charge in [0, 0.05) is 25.0 Å². The summed E-state index contributed by atoms with van der Waals surface area (Å²) < 4.78 is 31.7. The first-order valence-electron chi connectivity index (χ1n) is 12.2. The quantitative estimate of drug-likeness (QED) is 0.460. The monoisotopic (exact) mass is 517 g/mol. The summed E-state index contributed by atoms with van der Waals surface area (Å²) in [6.45, 7) is 10.2. The fraction of sp³-hybridized carbons (Fsp3) is 0.481. The van der Waals surface area contributed by atoms with Gasteiger partial charge < -0.3 is 15.0 Å². The van der Waals surface area contributed by atoms with E-state index < -0.39 is 21.6 Å². The lowest BCUT2D eigenvalue weighted by Crippen LogP contribution is -2.52. The standard InChI is InChI=1S/C27H39N3O5S/c1-7-35-24-17-15-23(16-18-24)30(36(6,33)34)19-11-14-25(31)29(20-22-12-9-8-10-13-22)21(2)26(32)28-27(3,4)5/h8-10,12-13,15-18,21H,7,11,14,19-20H2,1-6H3,(H,28,32). The van der Waals surface area contributed by atoms with Crippen molar-refractivity contribution in [1.29, 1.82) is 0 Å². The summed E-state index contributed by atoms with van der Waals surface area (Å²) in [6.07, 6.45) is 1.55. The number of benzene rings is 2. The number of carbonyl (C=O) groups excluding carboxylic acids is 2. The van der Waals surface area contributed by atoms with Gasteiger partial charge >= 0.3 is 0 Å². The van der Waals surface area contributed by atoms with Crippen LogP contribution in [0.25, 0.3) is 0 Å². The van der Waals surface area contributed by atoms with Crippen molar-refractivity contribution in [3.05, 3.63) is 60.2 Å². The Morgan fingerprint density at radius 1 is 1.03 bits per heavy atom. The third kappa shape index (κ3) is 9.18. The first-order valence-corrected chi connectivity index (χ1v) is 14.0. The highest BCUT2D eigenvalue weighted by Crippen LogP contribution is 2.22. The smallest absolute Gasteiger partial charge is 0.242 e. The van der Waals surface area contributed by atoms with Crippen molar-refractivity contribution in [2.24, 2.45) is 0 Å². The second-order valence-corrected chi connectivity index (χ2v) is 11.7. The zero-order chi connectivity index (χ0) is 26.9. The Kier molecular flexibility index (Phi) is 10.3. The first kappa shape index (κ1) is 29.2. The van der Waals surface area contributed by atoms with Gasteiger partial charge in [0.2, 0.25) is 21.8 Å². The van der Waals surface area contributed by atoms with Gasteiger partial charge in [-0.05, 0) is 70.9 Å². The van der Waals surface area contributed by atoms with Crippen LogP contribution >= 0.6 is 0 Å². The number of ether oxygens (including phenoxy) is 1. The van der Waals surface area contributed by atoms with Crippen molar-refractivity contribution < 1.29 is 22.7 Å². The maximum absolute atomic E-state index is 13.3. The fourth-order valence-electron chi connectivity index (χ4n) is 3.72. The highest BCUT2D eigenvalue weighted by Gasteiger charge is 2.28. The van der Waals surface area contributed by atoms with E-state index in [1.54, 1.807) is 36.1 Å². The van der Waals surface area contributed by atoms with E-state index in [9.17, 15) is 18.0 Å². The maximum Gasteiger partial charge on any atom is 0.242 e. The van der Waals surface area contributed by atoms with Crippen molar-refractivity contribution in [2.45, 2.75) is 65.6 Å². The molecule has 0 bridgehead atoms. The molecule has 1 unspecified atom stereocenters. The van der Waals surface area contributed by atoms with E-state index in [4.69, 9.17) is 4.74 Å². The fourth-order valence-corrected chi connectivity index (χ4v) is 4.68. The van der Waals surface area contributed by atoms with E-state index >= 15 is 0 Å². The molecule has 1 N–H and O–H groups in total. The highest BCUT2D eigenvalue weighted by atomic mass is 32.2. The molecule has 0 spiro atoms. The van der Waals surface area contributed by atoms with Gasteiger partial charge in [0.05, 0.1) is 18.6 Å². The topological polar surface area (TPSA) is 96.0 Å². The van der Waals surface area contributed by atoms with Crippen LogP contribution in [-0.4, -0.2) is 56.1 Å². The van der Waals surface area contributed by atoms with E-state index in [0.717, 1.165) is 11.8 Å². The predicted molar refractivity (Wildman–Crippen MR) is 143 cm³/mol. The van der Waals surface area contributed by atoms with Crippen LogP contribution in [0.2, 0.25) is 0 Å². The number of carbonyl (C=O) groups is 2. The van der Waals surface area contributed by atoms with Gasteiger partial charge in [-0.2, -0.15) is 0 Å². The van der Waals surface area contributed by atoms with E-state index in [1.165, 1.54) is 4.31 Å². The van der Waals surface area contributed by atoms with Gasteiger partial charge in [-0.15, -0.1) is 0 Å². The third-order valence-corrected chi connectivity index (χ3v) is 6.64. The molecular weight excluding hydrogens is 478 g/mol. The first-order chi connectivity index (χ1) is 16.8. The Bertz CT molecular complexity index is 1100. The van der Waals surface area contributed by atoms with Gasteiger partial charge in [0.1, 0.15) is 11.8 Å². The molecule has 0 saturated heterocycles. The molecule has 0 heterocycles. The van der Waals surface area contributed by atoms with Gasteiger partial charge in [-0.1, -0.05) is 30.3 Å². The van der Waals surface area contributed by atoms with Gasteiger partial charge in [0.15, 0.2) is 0 Å². The molecule has 198 valence electrons. The summed E-state index contributed by atoms with van der Waals surface area (Å²) in [5.74, 6) is 0.207. The van der Waals surface area contributed by atoms with Crippen LogP contribution in [0.3, 0.4) is 0 Å². The molecule has 2 amide bonds. The van der Waals surface area contributed by atoms with Crippen LogP contribution in [0.1, 0.15) is 53.0 Å². The summed E-state index contributed by atoms with van der Waals surface area (Å²) in [6, 6.07) is 15.6. The lowest BCUT2D eigenvalue weighted by molar-refractivity contribution is -0.141. The molecule has 0 aromatic heterocycles. The van der Waals surface area contributed by atoms with Crippen molar-refractivity contribution in [1.82, 2.24) is 10.2 Å². The SMILES string of the molecule is CCOc1ccc(N(CCCC(=O)N(Cc2ccccc2)C(C)C(=O)NC(C)(C)C)S(C)(=O)=O)cc1. The molecular formula is C27H39N3O5S. The zero-order valence-corrected chi connectivity index (χ0v) is 23.0. The Morgan fingerprint density at radius 3 is 2.17 bits per heavy atom. The molecule has 2 rings (SSSR count). The minimum Gasteiger partial charge on any atom is -0.494 e. The van der Waals surface area contributed by atoms with Gasteiger partial charge in [-0.25, -0.2) is 8.42 Å². The molecule has 0 radical (unpaired) electrons. The van der Waals surface area contributed by atoms with Crippen LogP contribution in [0.15, 0.2) is 54.6 Å². The summed E-state index contributed by atoms with van der Waals surface area (Å²) in [4.78, 5) is 27.7. The lowest BCUT2D eigenvalue weighted by atomic mass is 10.1. The minimum absolute atomic E-state index is 0.100. The normalized spacial score (nSPS) is 12.5. The lowest BCUT2D eigenvalue weighted by Gasteiger charge is -2.32. The molecule has 0 aliphatic rings. The second kappa shape index (κ2) is 12.8. The van der Waals surface area contributed by atoms with E-state index in [1.807, 2.05) is 58.0 Å². The van der Waals surface area contributed by atoms with E-state index in [0.29, 0.717) is 24.5 Å². The molecule has 0 aliphatic heterocycles. The third-order valence-electron chi connectivity index (χ3n) is 5.45. The van der Waals surface area contributed by atoms with E-state index in [2.05, 4.69) is 5.32 Å². The second-order valence-electron chi connectivity index (χ2n) is 9.79. The Labute approximate surface area is 215 Å². The summed E-state index contributed by atoms with van der Waals surface area (Å²) in [5.41, 5.74) is 0.987. The number of sulfonamides is 1. The van der Waals surface area contributed by atoms with Crippen molar-refractivity contribution in [3.63, 3.8) is 0 Å². The summed E-state index contributed by atoms with van der Waals surface area (Å²) in [7, 11) is -3.56. The number of hydrogen-bond donors (Lipinski definition) is 1. The van der Waals surface area contributed by atoms with Crippen LogP contribution in [-0.2, 0) is 26.2 Å². The highest BCUT2D eigenvalue weighted by molar-refractivity contribution is 7.92. The number of rotatable bonds is 12. The Morgan fingerprint density at radius 2 is 1.64 bits per heavy atom. The summed E-state index contributed by atoms with van der Waals surface area (Å²) in [5, 5.41) is 2.94. The van der Waals surface area contributed by atoms with E-state index in [-0.39, 0.29) is 31.3 Å². The number of anilines is 1. The molecule has 9 heteroatoms. The van der Waals surface area contributed by atoms with Crippen LogP contribution < -0.4 is 14.4 Å². The van der Waals surface area contributed by atoms with Crippen LogP contribution in [0.4, 0.5) is 5.69 Å². The largest absolute Gasteiger partial charge is 0.494 e. The van der Waals surface area contributed by atoms with Crippen LogP contribution in [0, 0.1) is 0 Å². The Hall–Kier alpha value is -3.07. The Balaban J connectivity index is 2.14. The minimum atomic E-state index is -3.56. The molecule has 0 saturated carbocycles. The molecule has 0 aliphatic carbocycles. The number of hydrogen-bond acceptors (Lipinski definition) is 5. The number of amides is 2. The summed E-state index contributed by atoms with van der Waals surface area (Å²) >= 11 is 0. The molecule has 8 nitrogen and oxygen atoms in total. The average molecular weight is 518 g/mol. The number of nitrogens with zero attached hydrogens (tertiary/aromatic N) is 2. The molecule has 1 atom stereocenters. The number of nitrogens with one attached hydrogen (secondary N) is 1. The van der Waals surface area contributed by atoms with Crippen molar-refractivity contribution in [2.75, 3.05) is 23.7 Å². The molecule has 36 heavy (non-hydrogen) atoms.